The van der Waals surface area contributed by atoms with Crippen LogP contribution in [0.15, 0.2) is 28.3 Å². The summed E-state index contributed by atoms with van der Waals surface area (Å²) in [7, 11) is 0. The Kier molecular flexibility index (Phi) is 6.21. The van der Waals surface area contributed by atoms with E-state index in [1.54, 1.807) is 22.9 Å². The number of nitrogens with zero attached hydrogens (tertiary/aromatic N) is 3. The zero-order valence-corrected chi connectivity index (χ0v) is 16.3. The van der Waals surface area contributed by atoms with Gasteiger partial charge in [0.1, 0.15) is 0 Å². The summed E-state index contributed by atoms with van der Waals surface area (Å²) in [4.78, 5) is 33.7. The summed E-state index contributed by atoms with van der Waals surface area (Å²) >= 11 is 1.28. The number of hydrogen-bond donors (Lipinski definition) is 1. The second-order valence-electron chi connectivity index (χ2n) is 7.15. The fraction of sp³-hybridized carbons (Fsp3) is 0.556. The molecule has 0 fully saturated rings. The lowest BCUT2D eigenvalue weighted by Crippen LogP contribution is -2.43. The lowest BCUT2D eigenvalue weighted by Gasteiger charge is -2.24. The average Bonchev–Trinajstić information content (AvgIpc) is 2.55. The van der Waals surface area contributed by atoms with Crippen molar-refractivity contribution in [2.24, 2.45) is 5.92 Å². The van der Waals surface area contributed by atoms with Crippen molar-refractivity contribution in [1.29, 1.82) is 0 Å². The van der Waals surface area contributed by atoms with E-state index in [9.17, 15) is 9.59 Å². The van der Waals surface area contributed by atoms with Crippen LogP contribution in [-0.2, 0) is 11.3 Å². The maximum absolute atomic E-state index is 12.8. The van der Waals surface area contributed by atoms with E-state index >= 15 is 0 Å². The van der Waals surface area contributed by atoms with Crippen molar-refractivity contribution in [2.45, 2.75) is 58.3 Å². The van der Waals surface area contributed by atoms with Gasteiger partial charge < -0.3 is 5.32 Å². The number of fused-ring (bicyclic) bond motifs is 1. The molecule has 0 aromatic carbocycles. The van der Waals surface area contributed by atoms with Gasteiger partial charge in [-0.1, -0.05) is 32.5 Å². The first-order chi connectivity index (χ1) is 11.7. The Hall–Kier alpha value is -1.89. The van der Waals surface area contributed by atoms with E-state index in [2.05, 4.69) is 15.3 Å². The van der Waals surface area contributed by atoms with Gasteiger partial charge in [0.15, 0.2) is 10.8 Å². The van der Waals surface area contributed by atoms with Crippen LogP contribution >= 0.6 is 11.8 Å². The number of thioether (sulfide) groups is 1. The van der Waals surface area contributed by atoms with E-state index in [0.29, 0.717) is 28.7 Å². The number of carbonyl (C=O) groups is 1. The van der Waals surface area contributed by atoms with Gasteiger partial charge in [-0.3, -0.25) is 14.2 Å². The lowest BCUT2D eigenvalue weighted by atomic mass is 10.0. The summed E-state index contributed by atoms with van der Waals surface area (Å²) in [5.41, 5.74) is 0.0704. The number of rotatable bonds is 7. The minimum absolute atomic E-state index is 0.0664. The van der Waals surface area contributed by atoms with Crippen LogP contribution in [-0.4, -0.2) is 31.7 Å². The number of hydrogen-bond acceptors (Lipinski definition) is 5. The van der Waals surface area contributed by atoms with Crippen molar-refractivity contribution < 1.29 is 4.79 Å². The Balaban J connectivity index is 2.29. The van der Waals surface area contributed by atoms with Crippen LogP contribution in [0.4, 0.5) is 0 Å². The highest BCUT2D eigenvalue weighted by molar-refractivity contribution is 7.99. The zero-order valence-electron chi connectivity index (χ0n) is 15.5. The van der Waals surface area contributed by atoms with Crippen molar-refractivity contribution in [1.82, 2.24) is 19.9 Å². The molecular formula is C18H26N4O2S. The van der Waals surface area contributed by atoms with Crippen molar-refractivity contribution in [3.63, 3.8) is 0 Å². The smallest absolute Gasteiger partial charge is 0.263 e. The summed E-state index contributed by atoms with van der Waals surface area (Å²) in [5, 5.41) is 4.04. The molecule has 0 aliphatic heterocycles. The summed E-state index contributed by atoms with van der Waals surface area (Å²) in [6.07, 6.45) is 2.46. The third kappa shape index (κ3) is 5.04. The fourth-order valence-electron chi connectivity index (χ4n) is 2.30. The van der Waals surface area contributed by atoms with E-state index in [-0.39, 0.29) is 22.8 Å². The molecule has 0 saturated carbocycles. The van der Waals surface area contributed by atoms with E-state index in [1.807, 2.05) is 34.6 Å². The van der Waals surface area contributed by atoms with Crippen LogP contribution in [0.3, 0.4) is 0 Å². The monoisotopic (exact) mass is 362 g/mol. The molecule has 7 heteroatoms. The van der Waals surface area contributed by atoms with Gasteiger partial charge in [-0.25, -0.2) is 9.97 Å². The van der Waals surface area contributed by atoms with Crippen LogP contribution in [0.1, 0.15) is 41.0 Å². The number of nitrogens with one attached hydrogen (secondary N) is 1. The largest absolute Gasteiger partial charge is 0.351 e. The Bertz CT molecular complexity index is 814. The molecule has 136 valence electrons. The Labute approximate surface area is 152 Å². The topological polar surface area (TPSA) is 76.9 Å². The number of amides is 1. The number of aromatic nitrogens is 3. The van der Waals surface area contributed by atoms with E-state index in [4.69, 9.17) is 0 Å². The highest BCUT2D eigenvalue weighted by atomic mass is 32.2. The molecule has 2 aromatic heterocycles. The molecule has 0 bridgehead atoms. The summed E-state index contributed by atoms with van der Waals surface area (Å²) in [6, 6.07) is 3.47. The maximum Gasteiger partial charge on any atom is 0.263 e. The maximum atomic E-state index is 12.8. The molecule has 1 N–H and O–H groups in total. The minimum Gasteiger partial charge on any atom is -0.351 e. The molecular weight excluding hydrogens is 336 g/mol. The molecule has 2 aromatic rings. The van der Waals surface area contributed by atoms with Crippen LogP contribution < -0.4 is 10.9 Å². The van der Waals surface area contributed by atoms with Crippen molar-refractivity contribution in [3.05, 3.63) is 28.7 Å². The standard InChI is InChI=1S/C18H26N4O2S/c1-6-18(4,5)21-14(23)11-25-17-20-15-13(8-7-9-19-15)16(24)22(17)10-12(2)3/h7-9,12H,6,10-11H2,1-5H3,(H,21,23). The molecule has 2 rings (SSSR count). The van der Waals surface area contributed by atoms with Crippen molar-refractivity contribution >= 4 is 28.7 Å². The second-order valence-corrected chi connectivity index (χ2v) is 8.10. The molecule has 0 aliphatic carbocycles. The van der Waals surface area contributed by atoms with Gasteiger partial charge in [-0.15, -0.1) is 0 Å². The molecule has 1 amide bonds. The fourth-order valence-corrected chi connectivity index (χ4v) is 3.10. The summed E-state index contributed by atoms with van der Waals surface area (Å²) < 4.78 is 1.65. The van der Waals surface area contributed by atoms with Crippen LogP contribution in [0.2, 0.25) is 0 Å². The molecule has 0 spiro atoms. The average molecular weight is 362 g/mol. The van der Waals surface area contributed by atoms with Gasteiger partial charge in [0.05, 0.1) is 11.1 Å². The van der Waals surface area contributed by atoms with E-state index < -0.39 is 0 Å². The molecule has 2 heterocycles. The lowest BCUT2D eigenvalue weighted by molar-refractivity contribution is -0.120. The molecule has 25 heavy (non-hydrogen) atoms. The first kappa shape index (κ1) is 19.4. The van der Waals surface area contributed by atoms with Gasteiger partial charge in [0.2, 0.25) is 5.91 Å². The van der Waals surface area contributed by atoms with Gasteiger partial charge in [0.25, 0.3) is 5.56 Å². The normalized spacial score (nSPS) is 11.9. The van der Waals surface area contributed by atoms with E-state index in [1.165, 1.54) is 11.8 Å². The van der Waals surface area contributed by atoms with Crippen molar-refractivity contribution in [2.75, 3.05) is 5.75 Å². The SMILES string of the molecule is CCC(C)(C)NC(=O)CSc1nc2ncccc2c(=O)n1CC(C)C. The van der Waals surface area contributed by atoms with Gasteiger partial charge in [-0.2, -0.15) is 0 Å². The first-order valence-corrected chi connectivity index (χ1v) is 9.51. The van der Waals surface area contributed by atoms with Crippen molar-refractivity contribution in [3.8, 4) is 0 Å². The third-order valence-electron chi connectivity index (χ3n) is 3.94. The molecule has 0 saturated heterocycles. The summed E-state index contributed by atoms with van der Waals surface area (Å²) in [6.45, 7) is 10.7. The highest BCUT2D eigenvalue weighted by Gasteiger charge is 2.19. The Morgan fingerprint density at radius 1 is 1.40 bits per heavy atom. The van der Waals surface area contributed by atoms with Crippen LogP contribution in [0.25, 0.3) is 11.0 Å². The third-order valence-corrected chi connectivity index (χ3v) is 4.91. The number of carbonyl (C=O) groups excluding carboxylic acids is 1. The highest BCUT2D eigenvalue weighted by Crippen LogP contribution is 2.18. The quantitative estimate of drug-likeness (QED) is 0.605. The molecule has 6 nitrogen and oxygen atoms in total. The number of pyridine rings is 1. The van der Waals surface area contributed by atoms with Gasteiger partial charge >= 0.3 is 0 Å². The predicted octanol–water partition coefficient (Wildman–Crippen LogP) is 2.84. The molecule has 0 radical (unpaired) electrons. The first-order valence-electron chi connectivity index (χ1n) is 8.53. The van der Waals surface area contributed by atoms with E-state index in [0.717, 1.165) is 6.42 Å². The molecule has 0 aliphatic rings. The minimum atomic E-state index is -0.242. The Morgan fingerprint density at radius 2 is 2.12 bits per heavy atom. The van der Waals surface area contributed by atoms with Gasteiger partial charge in [0, 0.05) is 18.3 Å². The zero-order chi connectivity index (χ0) is 18.6. The van der Waals surface area contributed by atoms with Crippen LogP contribution in [0, 0.1) is 5.92 Å². The molecule has 0 atom stereocenters. The molecule has 0 unspecified atom stereocenters. The predicted molar refractivity (Wildman–Crippen MR) is 102 cm³/mol. The summed E-state index contributed by atoms with van der Waals surface area (Å²) in [5.74, 6) is 0.441. The van der Waals surface area contributed by atoms with Gasteiger partial charge in [-0.05, 0) is 38.3 Å². The Morgan fingerprint density at radius 3 is 2.76 bits per heavy atom. The van der Waals surface area contributed by atoms with Crippen LogP contribution in [0.5, 0.6) is 0 Å². The second kappa shape index (κ2) is 7.99.